The molecule has 2 aromatic rings. The normalized spacial score (nSPS) is 13.0. The predicted molar refractivity (Wildman–Crippen MR) is 53.6 cm³/mol. The highest BCUT2D eigenvalue weighted by Gasteiger charge is 2.07. The number of nitrogens with zero attached hydrogens (tertiary/aromatic N) is 2. The molecule has 0 spiro atoms. The third-order valence-corrected chi connectivity index (χ3v) is 2.08. The van der Waals surface area contributed by atoms with E-state index in [4.69, 9.17) is 5.73 Å². The van der Waals surface area contributed by atoms with E-state index in [1.54, 1.807) is 6.07 Å². The molecule has 2 rings (SSSR count). The Hall–Kier alpha value is -1.52. The number of nitrogens with two attached hydrogens (primary N) is 1. The van der Waals surface area contributed by atoms with Crippen molar-refractivity contribution in [2.24, 2.45) is 5.73 Å². The van der Waals surface area contributed by atoms with Crippen LogP contribution in [0.3, 0.4) is 0 Å². The summed E-state index contributed by atoms with van der Waals surface area (Å²) in [5.74, 6) is 0. The van der Waals surface area contributed by atoms with Gasteiger partial charge in [-0.25, -0.2) is 0 Å². The maximum absolute atomic E-state index is 9.46. The van der Waals surface area contributed by atoms with E-state index in [0.717, 1.165) is 10.9 Å². The third kappa shape index (κ3) is 1.57. The van der Waals surface area contributed by atoms with Crippen molar-refractivity contribution in [3.8, 4) is 0 Å². The average molecular weight is 189 g/mol. The topological polar surface area (TPSA) is 72.0 Å². The van der Waals surface area contributed by atoms with Crippen LogP contribution in [-0.4, -0.2) is 21.8 Å². The highest BCUT2D eigenvalue weighted by Crippen LogP contribution is 2.14. The number of hydrogen-bond donors (Lipinski definition) is 2. The van der Waals surface area contributed by atoms with Crippen molar-refractivity contribution >= 4 is 10.9 Å². The van der Waals surface area contributed by atoms with Crippen LogP contribution in [0.1, 0.15) is 11.8 Å². The molecule has 0 saturated carbocycles. The molecule has 1 heterocycles. The second-order valence-corrected chi connectivity index (χ2v) is 3.08. The summed E-state index contributed by atoms with van der Waals surface area (Å²) in [4.78, 5) is 0. The van der Waals surface area contributed by atoms with Gasteiger partial charge < -0.3 is 10.8 Å². The summed E-state index contributed by atoms with van der Waals surface area (Å²) in [7, 11) is 0. The molecule has 0 bridgehead atoms. The van der Waals surface area contributed by atoms with Crippen molar-refractivity contribution in [2.45, 2.75) is 6.10 Å². The minimum absolute atomic E-state index is 0.160. The molecule has 1 atom stereocenters. The van der Waals surface area contributed by atoms with Crippen LogP contribution in [0.4, 0.5) is 0 Å². The lowest BCUT2D eigenvalue weighted by molar-refractivity contribution is 0.181. The van der Waals surface area contributed by atoms with Crippen LogP contribution >= 0.6 is 0 Å². The Morgan fingerprint density at radius 2 is 2.07 bits per heavy atom. The molecule has 1 aromatic heterocycles. The second kappa shape index (κ2) is 3.69. The molecule has 0 amide bonds. The molecule has 0 saturated heterocycles. The smallest absolute Gasteiger partial charge is 0.110 e. The van der Waals surface area contributed by atoms with Gasteiger partial charge in [0, 0.05) is 11.9 Å². The molecule has 4 heteroatoms. The minimum atomic E-state index is -0.730. The van der Waals surface area contributed by atoms with Gasteiger partial charge in [-0.1, -0.05) is 18.2 Å². The number of aliphatic hydroxyl groups excluding tert-OH is 1. The second-order valence-electron chi connectivity index (χ2n) is 3.08. The Labute approximate surface area is 81.4 Å². The zero-order valence-electron chi connectivity index (χ0n) is 7.59. The van der Waals surface area contributed by atoms with Crippen LogP contribution in [-0.2, 0) is 0 Å². The zero-order valence-corrected chi connectivity index (χ0v) is 7.59. The van der Waals surface area contributed by atoms with E-state index in [1.807, 2.05) is 24.3 Å². The van der Waals surface area contributed by atoms with Gasteiger partial charge in [0.05, 0.1) is 11.2 Å². The van der Waals surface area contributed by atoms with Gasteiger partial charge in [-0.15, -0.1) is 0 Å². The molecule has 72 valence electrons. The summed E-state index contributed by atoms with van der Waals surface area (Å²) in [5, 5.41) is 18.3. The summed E-state index contributed by atoms with van der Waals surface area (Å²) < 4.78 is 0. The Morgan fingerprint density at radius 1 is 1.29 bits per heavy atom. The number of fused-ring (bicyclic) bond motifs is 1. The summed E-state index contributed by atoms with van der Waals surface area (Å²) in [6.07, 6.45) is -0.730. The van der Waals surface area contributed by atoms with Gasteiger partial charge in [0.1, 0.15) is 6.10 Å². The lowest BCUT2D eigenvalue weighted by Gasteiger charge is -2.06. The standard InChI is InChI=1S/C10H11N3O/c11-6-10(14)9-5-7-3-1-2-4-8(7)12-13-9/h1-5,10,14H,6,11H2. The number of benzene rings is 1. The van der Waals surface area contributed by atoms with Crippen molar-refractivity contribution < 1.29 is 5.11 Å². The van der Waals surface area contributed by atoms with E-state index in [0.29, 0.717) is 5.69 Å². The fourth-order valence-corrected chi connectivity index (χ4v) is 1.28. The summed E-state index contributed by atoms with van der Waals surface area (Å²) in [6, 6.07) is 9.43. The number of rotatable bonds is 2. The SMILES string of the molecule is NCC(O)c1cc2ccccc2nn1. The monoisotopic (exact) mass is 189 g/mol. The molecule has 0 aliphatic rings. The van der Waals surface area contributed by atoms with E-state index < -0.39 is 6.10 Å². The molecule has 0 aliphatic carbocycles. The van der Waals surface area contributed by atoms with Crippen molar-refractivity contribution in [2.75, 3.05) is 6.54 Å². The first-order valence-corrected chi connectivity index (χ1v) is 4.42. The lowest BCUT2D eigenvalue weighted by atomic mass is 10.1. The molecule has 3 N–H and O–H groups in total. The van der Waals surface area contributed by atoms with Gasteiger partial charge in [0.25, 0.3) is 0 Å². The first-order chi connectivity index (χ1) is 6.81. The van der Waals surface area contributed by atoms with Crippen LogP contribution in [0.25, 0.3) is 10.9 Å². The Balaban J connectivity index is 2.51. The molecule has 1 aromatic carbocycles. The molecule has 0 radical (unpaired) electrons. The third-order valence-electron chi connectivity index (χ3n) is 2.08. The van der Waals surface area contributed by atoms with Crippen LogP contribution in [0.2, 0.25) is 0 Å². The van der Waals surface area contributed by atoms with Crippen LogP contribution < -0.4 is 5.73 Å². The number of aromatic nitrogens is 2. The fraction of sp³-hybridized carbons (Fsp3) is 0.200. The highest BCUT2D eigenvalue weighted by atomic mass is 16.3. The molecular formula is C10H11N3O. The molecular weight excluding hydrogens is 178 g/mol. The summed E-state index contributed by atoms with van der Waals surface area (Å²) in [6.45, 7) is 0.160. The van der Waals surface area contributed by atoms with Gasteiger partial charge in [0.15, 0.2) is 0 Å². The molecule has 4 nitrogen and oxygen atoms in total. The molecule has 0 aliphatic heterocycles. The van der Waals surface area contributed by atoms with Gasteiger partial charge in [-0.3, -0.25) is 0 Å². The van der Waals surface area contributed by atoms with Crippen molar-refractivity contribution in [1.29, 1.82) is 0 Å². The fourth-order valence-electron chi connectivity index (χ4n) is 1.28. The highest BCUT2D eigenvalue weighted by molar-refractivity contribution is 5.77. The van der Waals surface area contributed by atoms with E-state index in [9.17, 15) is 5.11 Å². The van der Waals surface area contributed by atoms with E-state index >= 15 is 0 Å². The van der Waals surface area contributed by atoms with E-state index in [-0.39, 0.29) is 6.54 Å². The Morgan fingerprint density at radius 3 is 2.86 bits per heavy atom. The van der Waals surface area contributed by atoms with Crippen LogP contribution in [0, 0.1) is 0 Å². The number of aliphatic hydroxyl groups is 1. The van der Waals surface area contributed by atoms with Crippen molar-refractivity contribution in [1.82, 2.24) is 10.2 Å². The van der Waals surface area contributed by atoms with Gasteiger partial charge in [0.2, 0.25) is 0 Å². The van der Waals surface area contributed by atoms with E-state index in [2.05, 4.69) is 10.2 Å². The maximum Gasteiger partial charge on any atom is 0.110 e. The number of hydrogen-bond acceptors (Lipinski definition) is 4. The largest absolute Gasteiger partial charge is 0.385 e. The Kier molecular flexibility index (Phi) is 2.39. The van der Waals surface area contributed by atoms with Gasteiger partial charge in [-0.2, -0.15) is 10.2 Å². The van der Waals surface area contributed by atoms with Gasteiger partial charge in [-0.05, 0) is 12.1 Å². The minimum Gasteiger partial charge on any atom is -0.385 e. The zero-order chi connectivity index (χ0) is 9.97. The molecule has 1 unspecified atom stereocenters. The van der Waals surface area contributed by atoms with Crippen molar-refractivity contribution in [3.05, 3.63) is 36.0 Å². The quantitative estimate of drug-likeness (QED) is 0.726. The van der Waals surface area contributed by atoms with Crippen molar-refractivity contribution in [3.63, 3.8) is 0 Å². The first-order valence-electron chi connectivity index (χ1n) is 4.42. The summed E-state index contributed by atoms with van der Waals surface area (Å²) >= 11 is 0. The van der Waals surface area contributed by atoms with Crippen LogP contribution in [0.15, 0.2) is 30.3 Å². The van der Waals surface area contributed by atoms with Gasteiger partial charge >= 0.3 is 0 Å². The van der Waals surface area contributed by atoms with E-state index in [1.165, 1.54) is 0 Å². The maximum atomic E-state index is 9.46. The molecule has 14 heavy (non-hydrogen) atoms. The average Bonchev–Trinajstić information content (AvgIpc) is 2.27. The lowest BCUT2D eigenvalue weighted by Crippen LogP contribution is -2.13. The Bertz CT molecular complexity index is 444. The summed E-state index contributed by atoms with van der Waals surface area (Å²) in [5.41, 5.74) is 6.67. The first kappa shape index (κ1) is 9.05. The van der Waals surface area contributed by atoms with Crippen LogP contribution in [0.5, 0.6) is 0 Å². The molecule has 0 fully saturated rings. The predicted octanol–water partition coefficient (Wildman–Crippen LogP) is 0.622.